The Bertz CT molecular complexity index is 958. The molecule has 3 rings (SSSR count). The van der Waals surface area contributed by atoms with Crippen LogP contribution in [0.15, 0.2) is 36.7 Å². The zero-order valence-corrected chi connectivity index (χ0v) is 16.6. The van der Waals surface area contributed by atoms with Crippen LogP contribution in [0.3, 0.4) is 0 Å². The predicted molar refractivity (Wildman–Crippen MR) is 107 cm³/mol. The van der Waals surface area contributed by atoms with Crippen molar-refractivity contribution in [2.45, 2.75) is 19.9 Å². The molecule has 0 aliphatic carbocycles. The maximum Gasteiger partial charge on any atom is 0.214 e. The summed E-state index contributed by atoms with van der Waals surface area (Å²) >= 11 is 11.6. The molecule has 0 radical (unpaired) electrons. The second kappa shape index (κ2) is 8.88. The molecule has 3 aromatic rings. The predicted octanol–water partition coefficient (Wildman–Crippen LogP) is 4.20. The minimum atomic E-state index is 0.419. The van der Waals surface area contributed by atoms with E-state index in [-0.39, 0.29) is 0 Å². The number of benzene rings is 1. The normalized spacial score (nSPS) is 10.6. The van der Waals surface area contributed by atoms with Crippen LogP contribution >= 0.6 is 23.8 Å². The van der Waals surface area contributed by atoms with Gasteiger partial charge in [-0.2, -0.15) is 5.10 Å². The van der Waals surface area contributed by atoms with Crippen molar-refractivity contribution in [3.8, 4) is 22.9 Å². The van der Waals surface area contributed by atoms with Crippen LogP contribution in [-0.2, 0) is 6.54 Å². The van der Waals surface area contributed by atoms with Gasteiger partial charge in [-0.05, 0) is 36.8 Å². The van der Waals surface area contributed by atoms with Gasteiger partial charge in [-0.1, -0.05) is 18.5 Å². The molecule has 7 nitrogen and oxygen atoms in total. The highest BCUT2D eigenvalue weighted by atomic mass is 35.5. The monoisotopic (exact) mass is 405 g/mol. The summed E-state index contributed by atoms with van der Waals surface area (Å²) in [6.07, 6.45) is 4.30. The fourth-order valence-corrected chi connectivity index (χ4v) is 3.00. The van der Waals surface area contributed by atoms with Gasteiger partial charge < -0.3 is 14.9 Å². The Morgan fingerprint density at radius 1 is 1.30 bits per heavy atom. The lowest BCUT2D eigenvalue weighted by Gasteiger charge is -2.17. The average Bonchev–Trinajstić information content (AvgIpc) is 3.06. The quantitative estimate of drug-likeness (QED) is 0.547. The van der Waals surface area contributed by atoms with E-state index in [2.05, 4.69) is 20.6 Å². The van der Waals surface area contributed by atoms with Crippen molar-refractivity contribution in [3.63, 3.8) is 0 Å². The van der Waals surface area contributed by atoms with Crippen LogP contribution < -0.4 is 14.9 Å². The van der Waals surface area contributed by atoms with Gasteiger partial charge in [0.1, 0.15) is 0 Å². The van der Waals surface area contributed by atoms with E-state index in [0.29, 0.717) is 40.3 Å². The molecular weight excluding hydrogens is 386 g/mol. The summed E-state index contributed by atoms with van der Waals surface area (Å²) < 4.78 is 13.5. The molecule has 0 saturated carbocycles. The lowest BCUT2D eigenvalue weighted by molar-refractivity contribution is 0.291. The number of methoxy groups -OCH3 is 1. The first-order valence-electron chi connectivity index (χ1n) is 8.45. The number of nitrogens with zero attached hydrogens (tertiary/aromatic N) is 3. The molecule has 0 aliphatic rings. The molecule has 0 fully saturated rings. The lowest BCUT2D eigenvalue weighted by Crippen LogP contribution is -2.17. The van der Waals surface area contributed by atoms with Crippen LogP contribution in [0, 0.1) is 4.77 Å². The van der Waals surface area contributed by atoms with Gasteiger partial charge in [0, 0.05) is 34.6 Å². The molecule has 0 bridgehead atoms. The second-order valence-corrected chi connectivity index (χ2v) is 6.53. The minimum Gasteiger partial charge on any atom is -0.493 e. The van der Waals surface area contributed by atoms with E-state index in [1.807, 2.05) is 25.1 Å². The third-order valence-corrected chi connectivity index (χ3v) is 4.30. The van der Waals surface area contributed by atoms with Gasteiger partial charge in [0.2, 0.25) is 4.77 Å². The van der Waals surface area contributed by atoms with E-state index in [1.54, 1.807) is 30.2 Å². The highest BCUT2D eigenvalue weighted by Crippen LogP contribution is 2.35. The van der Waals surface area contributed by atoms with E-state index < -0.39 is 0 Å². The maximum atomic E-state index is 6.24. The van der Waals surface area contributed by atoms with Crippen molar-refractivity contribution in [1.82, 2.24) is 19.9 Å². The number of nitrogens with one attached hydrogen (secondary N) is 2. The molecule has 0 spiro atoms. The third kappa shape index (κ3) is 4.40. The van der Waals surface area contributed by atoms with Gasteiger partial charge in [0.15, 0.2) is 17.3 Å². The fraction of sp³-hybridized carbons (Fsp3) is 0.278. The summed E-state index contributed by atoms with van der Waals surface area (Å²) in [4.78, 5) is 4.03. The summed E-state index contributed by atoms with van der Waals surface area (Å²) in [6, 6.07) is 7.31. The molecule has 27 heavy (non-hydrogen) atoms. The standard InChI is InChI=1S/C18H20ClN5O2S/c1-3-8-26-16-13(9-14(19)10-15(16)25-2)11-21-24-17(22-23-18(24)27)12-4-6-20-7-5-12/h4-7,9-10,21H,3,8,11H2,1-2H3,(H,23,27). The van der Waals surface area contributed by atoms with Gasteiger partial charge >= 0.3 is 0 Å². The molecule has 142 valence electrons. The summed E-state index contributed by atoms with van der Waals surface area (Å²) in [5, 5.41) is 7.67. The van der Waals surface area contributed by atoms with E-state index in [1.165, 1.54) is 0 Å². The zero-order valence-electron chi connectivity index (χ0n) is 15.0. The number of aromatic nitrogens is 4. The topological polar surface area (TPSA) is 77.0 Å². The SMILES string of the molecule is CCCOc1c(CNn2c(-c3ccncc3)n[nH]c2=S)cc(Cl)cc1OC. The maximum absolute atomic E-state index is 6.24. The molecule has 2 heterocycles. The molecule has 0 amide bonds. The average molecular weight is 406 g/mol. The fourth-order valence-electron chi connectivity index (χ4n) is 2.58. The van der Waals surface area contributed by atoms with Crippen LogP contribution in [0.25, 0.3) is 11.4 Å². The third-order valence-electron chi connectivity index (χ3n) is 3.81. The molecule has 2 aromatic heterocycles. The Balaban J connectivity index is 1.91. The summed E-state index contributed by atoms with van der Waals surface area (Å²) in [5.41, 5.74) is 5.02. The van der Waals surface area contributed by atoms with Gasteiger partial charge in [-0.3, -0.25) is 4.98 Å². The first-order valence-corrected chi connectivity index (χ1v) is 9.23. The van der Waals surface area contributed by atoms with Crippen molar-refractivity contribution in [2.24, 2.45) is 0 Å². The van der Waals surface area contributed by atoms with E-state index in [0.717, 1.165) is 17.5 Å². The Labute approximate surface area is 167 Å². The number of hydrogen-bond acceptors (Lipinski definition) is 6. The van der Waals surface area contributed by atoms with Crippen molar-refractivity contribution < 1.29 is 9.47 Å². The van der Waals surface area contributed by atoms with E-state index in [9.17, 15) is 0 Å². The molecule has 0 atom stereocenters. The largest absolute Gasteiger partial charge is 0.493 e. The van der Waals surface area contributed by atoms with Crippen LogP contribution in [0.5, 0.6) is 11.5 Å². The smallest absolute Gasteiger partial charge is 0.214 e. The van der Waals surface area contributed by atoms with Crippen molar-refractivity contribution >= 4 is 23.8 Å². The number of aromatic amines is 1. The Hall–Kier alpha value is -2.58. The zero-order chi connectivity index (χ0) is 19.2. The highest BCUT2D eigenvalue weighted by molar-refractivity contribution is 7.71. The van der Waals surface area contributed by atoms with Gasteiger partial charge in [0.05, 0.1) is 20.3 Å². The number of hydrogen-bond donors (Lipinski definition) is 2. The summed E-state index contributed by atoms with van der Waals surface area (Å²) in [6.45, 7) is 3.05. The molecule has 0 unspecified atom stereocenters. The van der Waals surface area contributed by atoms with Crippen molar-refractivity contribution in [3.05, 3.63) is 52.0 Å². The number of H-pyrrole nitrogens is 1. The highest BCUT2D eigenvalue weighted by Gasteiger charge is 2.14. The van der Waals surface area contributed by atoms with Gasteiger partial charge in [-0.25, -0.2) is 9.77 Å². The minimum absolute atomic E-state index is 0.419. The molecule has 1 aromatic carbocycles. The lowest BCUT2D eigenvalue weighted by atomic mass is 10.2. The number of halogens is 1. The second-order valence-electron chi connectivity index (χ2n) is 5.70. The molecule has 9 heteroatoms. The summed E-state index contributed by atoms with van der Waals surface area (Å²) in [7, 11) is 1.59. The Kier molecular flexibility index (Phi) is 6.31. The van der Waals surface area contributed by atoms with Crippen LogP contribution in [0.1, 0.15) is 18.9 Å². The molecule has 0 saturated heterocycles. The number of pyridine rings is 1. The van der Waals surface area contributed by atoms with Gasteiger partial charge in [0.25, 0.3) is 0 Å². The number of rotatable bonds is 8. The summed E-state index contributed by atoms with van der Waals surface area (Å²) in [5.74, 6) is 1.92. The van der Waals surface area contributed by atoms with E-state index >= 15 is 0 Å². The first kappa shape index (κ1) is 19.2. The van der Waals surface area contributed by atoms with Crippen LogP contribution in [0.4, 0.5) is 0 Å². The van der Waals surface area contributed by atoms with E-state index in [4.69, 9.17) is 33.3 Å². The number of ether oxygens (including phenoxy) is 2. The Morgan fingerprint density at radius 3 is 2.78 bits per heavy atom. The first-order chi connectivity index (χ1) is 13.1. The molecular formula is C18H20ClN5O2S. The van der Waals surface area contributed by atoms with Crippen molar-refractivity contribution in [2.75, 3.05) is 19.1 Å². The van der Waals surface area contributed by atoms with Crippen LogP contribution in [0.2, 0.25) is 5.02 Å². The van der Waals surface area contributed by atoms with Crippen LogP contribution in [-0.4, -0.2) is 33.6 Å². The Morgan fingerprint density at radius 2 is 2.07 bits per heavy atom. The molecule has 2 N–H and O–H groups in total. The van der Waals surface area contributed by atoms with Crippen molar-refractivity contribution in [1.29, 1.82) is 0 Å². The van der Waals surface area contributed by atoms with Gasteiger partial charge in [-0.15, -0.1) is 0 Å². The molecule has 0 aliphatic heterocycles.